The Morgan fingerprint density at radius 3 is 2.72 bits per heavy atom. The van der Waals surface area contributed by atoms with Gasteiger partial charge in [0.1, 0.15) is 0 Å². The van der Waals surface area contributed by atoms with Crippen LogP contribution in [0.5, 0.6) is 0 Å². The van der Waals surface area contributed by atoms with E-state index < -0.39 is 27.4 Å². The highest BCUT2D eigenvalue weighted by atomic mass is 32.2. The summed E-state index contributed by atoms with van der Waals surface area (Å²) in [6.07, 6.45) is 3.09. The fraction of sp³-hybridized carbons (Fsp3) is 0.611. The summed E-state index contributed by atoms with van der Waals surface area (Å²) in [4.78, 5) is 11.6. The van der Waals surface area contributed by atoms with Gasteiger partial charge in [-0.2, -0.15) is 0 Å². The maximum atomic E-state index is 12.3. The van der Waals surface area contributed by atoms with E-state index in [1.807, 2.05) is 30.3 Å². The first-order valence-electron chi connectivity index (χ1n) is 8.68. The first-order chi connectivity index (χ1) is 11.8. The predicted molar refractivity (Wildman–Crippen MR) is 95.6 cm³/mol. The van der Waals surface area contributed by atoms with E-state index >= 15 is 0 Å². The zero-order valence-corrected chi connectivity index (χ0v) is 15.4. The molecule has 1 saturated carbocycles. The molecule has 140 valence electrons. The van der Waals surface area contributed by atoms with E-state index in [2.05, 4.69) is 4.72 Å². The third-order valence-corrected chi connectivity index (χ3v) is 6.30. The van der Waals surface area contributed by atoms with Crippen molar-refractivity contribution >= 4 is 16.0 Å². The summed E-state index contributed by atoms with van der Waals surface area (Å²) >= 11 is 0. The Morgan fingerprint density at radius 1 is 1.32 bits per heavy atom. The topological polar surface area (TPSA) is 92.7 Å². The minimum Gasteiger partial charge on any atom is -0.481 e. The molecule has 0 bridgehead atoms. The summed E-state index contributed by atoms with van der Waals surface area (Å²) in [6, 6.07) is 9.14. The van der Waals surface area contributed by atoms with Crippen molar-refractivity contribution in [3.8, 4) is 0 Å². The summed E-state index contributed by atoms with van der Waals surface area (Å²) in [7, 11) is -3.52. The van der Waals surface area contributed by atoms with E-state index in [0.29, 0.717) is 32.5 Å². The number of aliphatic carboxylic acids is 1. The Morgan fingerprint density at radius 2 is 2.04 bits per heavy atom. The lowest BCUT2D eigenvalue weighted by molar-refractivity contribution is -0.151. The molecule has 1 aromatic carbocycles. The Hall–Kier alpha value is -1.44. The SMILES string of the molecule is CC1(C(=O)O)CCCCC1NS(=O)(=O)CCCOCc1ccccc1. The van der Waals surface area contributed by atoms with Crippen LogP contribution in [-0.2, 0) is 26.2 Å². The molecule has 1 aliphatic rings. The molecule has 6 nitrogen and oxygen atoms in total. The van der Waals surface area contributed by atoms with Gasteiger partial charge in [-0.3, -0.25) is 4.79 Å². The number of nitrogens with one attached hydrogen (secondary N) is 1. The Bertz CT molecular complexity index is 661. The van der Waals surface area contributed by atoms with Gasteiger partial charge in [0.15, 0.2) is 0 Å². The average molecular weight is 369 g/mol. The normalized spacial score (nSPS) is 24.1. The first-order valence-corrected chi connectivity index (χ1v) is 10.3. The number of carboxylic acids is 1. The number of ether oxygens (including phenoxy) is 1. The smallest absolute Gasteiger partial charge is 0.310 e. The molecule has 7 heteroatoms. The van der Waals surface area contributed by atoms with Crippen LogP contribution in [0.15, 0.2) is 30.3 Å². The minimum atomic E-state index is -3.52. The number of benzene rings is 1. The second kappa shape index (κ2) is 8.78. The van der Waals surface area contributed by atoms with Crippen LogP contribution in [-0.4, -0.2) is 37.9 Å². The summed E-state index contributed by atoms with van der Waals surface area (Å²) < 4.78 is 32.7. The molecule has 0 amide bonds. The van der Waals surface area contributed by atoms with Crippen LogP contribution < -0.4 is 4.72 Å². The number of hydrogen-bond acceptors (Lipinski definition) is 4. The quantitative estimate of drug-likeness (QED) is 0.653. The molecule has 1 aliphatic carbocycles. The van der Waals surface area contributed by atoms with E-state index in [-0.39, 0.29) is 5.75 Å². The average Bonchev–Trinajstić information content (AvgIpc) is 2.57. The zero-order chi connectivity index (χ0) is 18.3. The monoisotopic (exact) mass is 369 g/mol. The van der Waals surface area contributed by atoms with Crippen molar-refractivity contribution in [1.82, 2.24) is 4.72 Å². The Kier molecular flexibility index (Phi) is 6.98. The molecular formula is C18H27NO5S. The third-order valence-electron chi connectivity index (χ3n) is 4.83. The van der Waals surface area contributed by atoms with Gasteiger partial charge in [-0.05, 0) is 31.7 Å². The lowest BCUT2D eigenvalue weighted by Gasteiger charge is -2.38. The van der Waals surface area contributed by atoms with E-state index in [4.69, 9.17) is 4.74 Å². The van der Waals surface area contributed by atoms with Gasteiger partial charge in [0.05, 0.1) is 17.8 Å². The fourth-order valence-corrected chi connectivity index (χ4v) is 4.60. The molecule has 1 fully saturated rings. The van der Waals surface area contributed by atoms with Crippen molar-refractivity contribution in [1.29, 1.82) is 0 Å². The van der Waals surface area contributed by atoms with Crippen LogP contribution in [0.2, 0.25) is 0 Å². The molecule has 0 spiro atoms. The highest BCUT2D eigenvalue weighted by molar-refractivity contribution is 7.89. The standard InChI is InChI=1S/C18H27NO5S/c1-18(17(20)21)11-6-5-10-16(18)19-25(22,23)13-7-12-24-14-15-8-3-2-4-9-15/h2-4,8-9,16,19H,5-7,10-14H2,1H3,(H,20,21). The molecule has 2 unspecified atom stereocenters. The van der Waals surface area contributed by atoms with Gasteiger partial charge >= 0.3 is 5.97 Å². The highest BCUT2D eigenvalue weighted by Crippen LogP contribution is 2.36. The molecule has 1 aromatic rings. The van der Waals surface area contributed by atoms with Crippen LogP contribution in [0, 0.1) is 5.41 Å². The number of carboxylic acid groups (broad SMARTS) is 1. The Labute approximate surface area is 149 Å². The molecule has 0 radical (unpaired) electrons. The first kappa shape index (κ1) is 19.9. The number of rotatable bonds is 9. The van der Waals surface area contributed by atoms with Crippen molar-refractivity contribution < 1.29 is 23.1 Å². The highest BCUT2D eigenvalue weighted by Gasteiger charge is 2.44. The molecule has 0 saturated heterocycles. The summed E-state index contributed by atoms with van der Waals surface area (Å²) in [6.45, 7) is 2.43. The van der Waals surface area contributed by atoms with Crippen LogP contribution >= 0.6 is 0 Å². The van der Waals surface area contributed by atoms with Crippen LogP contribution in [0.4, 0.5) is 0 Å². The van der Waals surface area contributed by atoms with Gasteiger partial charge in [0, 0.05) is 12.6 Å². The van der Waals surface area contributed by atoms with E-state index in [1.54, 1.807) is 6.92 Å². The van der Waals surface area contributed by atoms with Gasteiger partial charge in [-0.1, -0.05) is 43.2 Å². The van der Waals surface area contributed by atoms with Crippen molar-refractivity contribution in [3.63, 3.8) is 0 Å². The van der Waals surface area contributed by atoms with Gasteiger partial charge < -0.3 is 9.84 Å². The summed E-state index contributed by atoms with van der Waals surface area (Å²) in [5.74, 6) is -1.00. The second-order valence-electron chi connectivity index (χ2n) is 6.85. The predicted octanol–water partition coefficient (Wildman–Crippen LogP) is 2.55. The van der Waals surface area contributed by atoms with Crippen LogP contribution in [0.1, 0.15) is 44.6 Å². The molecule has 0 aromatic heterocycles. The minimum absolute atomic E-state index is 0.0615. The fourth-order valence-electron chi connectivity index (χ4n) is 3.17. The molecular weight excluding hydrogens is 342 g/mol. The van der Waals surface area contributed by atoms with E-state index in [9.17, 15) is 18.3 Å². The molecule has 0 heterocycles. The van der Waals surface area contributed by atoms with Gasteiger partial charge in [-0.25, -0.2) is 13.1 Å². The van der Waals surface area contributed by atoms with Gasteiger partial charge in [-0.15, -0.1) is 0 Å². The van der Waals surface area contributed by atoms with Crippen molar-refractivity contribution in [2.75, 3.05) is 12.4 Å². The second-order valence-corrected chi connectivity index (χ2v) is 8.72. The van der Waals surface area contributed by atoms with Crippen molar-refractivity contribution in [3.05, 3.63) is 35.9 Å². The maximum Gasteiger partial charge on any atom is 0.310 e. The molecule has 2 N–H and O–H groups in total. The van der Waals surface area contributed by atoms with E-state index in [0.717, 1.165) is 18.4 Å². The molecule has 25 heavy (non-hydrogen) atoms. The third kappa shape index (κ3) is 5.80. The van der Waals surface area contributed by atoms with Crippen LogP contribution in [0.3, 0.4) is 0 Å². The lowest BCUT2D eigenvalue weighted by Crippen LogP contribution is -2.52. The number of hydrogen-bond donors (Lipinski definition) is 2. The molecule has 2 rings (SSSR count). The largest absolute Gasteiger partial charge is 0.481 e. The van der Waals surface area contributed by atoms with Crippen molar-refractivity contribution in [2.45, 2.75) is 51.7 Å². The number of sulfonamides is 1. The lowest BCUT2D eigenvalue weighted by atomic mass is 9.72. The molecule has 2 atom stereocenters. The van der Waals surface area contributed by atoms with E-state index in [1.165, 1.54) is 0 Å². The zero-order valence-electron chi connectivity index (χ0n) is 14.6. The number of carbonyl (C=O) groups is 1. The van der Waals surface area contributed by atoms with Gasteiger partial charge in [0.25, 0.3) is 0 Å². The van der Waals surface area contributed by atoms with Crippen LogP contribution in [0.25, 0.3) is 0 Å². The summed E-state index contributed by atoms with van der Waals surface area (Å²) in [5.41, 5.74) is 0.0118. The summed E-state index contributed by atoms with van der Waals surface area (Å²) in [5, 5.41) is 9.46. The van der Waals surface area contributed by atoms with Crippen molar-refractivity contribution in [2.24, 2.45) is 5.41 Å². The molecule has 0 aliphatic heterocycles. The Balaban J connectivity index is 1.78. The van der Waals surface area contributed by atoms with Gasteiger partial charge in [0.2, 0.25) is 10.0 Å². The maximum absolute atomic E-state index is 12.3.